The maximum absolute atomic E-state index is 11.5. The van der Waals surface area contributed by atoms with Crippen molar-refractivity contribution < 1.29 is 4.79 Å². The number of nitrogens with one attached hydrogen (secondary N) is 1. The molecule has 5 heteroatoms. The second kappa shape index (κ2) is 6.89. The van der Waals surface area contributed by atoms with Crippen molar-refractivity contribution in [3.63, 3.8) is 0 Å². The monoisotopic (exact) mass is 306 g/mol. The van der Waals surface area contributed by atoms with E-state index in [9.17, 15) is 4.79 Å². The fourth-order valence-electron chi connectivity index (χ4n) is 1.18. The molecule has 0 aromatic heterocycles. The molecule has 0 unspecified atom stereocenters. The van der Waals surface area contributed by atoms with Crippen molar-refractivity contribution in [1.29, 1.82) is 0 Å². The van der Waals surface area contributed by atoms with Crippen LogP contribution in [0.25, 0.3) is 0 Å². The SMILES string of the molecule is CC[C@H](N)C(=O)Nc1ccc(Br)cc1C.Cl. The highest BCUT2D eigenvalue weighted by Crippen LogP contribution is 2.20. The van der Waals surface area contributed by atoms with Crippen LogP contribution in [0.1, 0.15) is 18.9 Å². The Kier molecular flexibility index (Phi) is 6.64. The number of carbonyl (C=O) groups is 1. The second-order valence-electron chi connectivity index (χ2n) is 3.46. The van der Waals surface area contributed by atoms with Gasteiger partial charge >= 0.3 is 0 Å². The highest BCUT2D eigenvalue weighted by atomic mass is 79.9. The zero-order valence-electron chi connectivity index (χ0n) is 9.29. The van der Waals surface area contributed by atoms with E-state index in [0.717, 1.165) is 15.7 Å². The highest BCUT2D eigenvalue weighted by molar-refractivity contribution is 9.10. The molecule has 1 rings (SSSR count). The highest BCUT2D eigenvalue weighted by Gasteiger charge is 2.11. The lowest BCUT2D eigenvalue weighted by molar-refractivity contribution is -0.117. The van der Waals surface area contributed by atoms with Crippen LogP contribution >= 0.6 is 28.3 Å². The molecular weight excluding hydrogens is 291 g/mol. The van der Waals surface area contributed by atoms with Crippen LogP contribution in [0, 0.1) is 6.92 Å². The van der Waals surface area contributed by atoms with E-state index in [-0.39, 0.29) is 18.3 Å². The molecule has 0 saturated heterocycles. The van der Waals surface area contributed by atoms with Gasteiger partial charge in [0.05, 0.1) is 6.04 Å². The lowest BCUT2D eigenvalue weighted by Gasteiger charge is -2.12. The third-order valence-electron chi connectivity index (χ3n) is 2.22. The zero-order valence-corrected chi connectivity index (χ0v) is 11.7. The summed E-state index contributed by atoms with van der Waals surface area (Å²) >= 11 is 3.37. The summed E-state index contributed by atoms with van der Waals surface area (Å²) in [7, 11) is 0. The van der Waals surface area contributed by atoms with Gasteiger partial charge in [0, 0.05) is 10.2 Å². The number of hydrogen-bond donors (Lipinski definition) is 2. The van der Waals surface area contributed by atoms with Gasteiger partial charge in [0.1, 0.15) is 0 Å². The number of hydrogen-bond acceptors (Lipinski definition) is 2. The molecule has 16 heavy (non-hydrogen) atoms. The average molecular weight is 308 g/mol. The summed E-state index contributed by atoms with van der Waals surface area (Å²) in [5.41, 5.74) is 7.45. The Morgan fingerprint density at radius 2 is 2.19 bits per heavy atom. The van der Waals surface area contributed by atoms with Gasteiger partial charge in [-0.3, -0.25) is 4.79 Å². The standard InChI is InChI=1S/C11H15BrN2O.ClH/c1-3-9(13)11(15)14-10-5-4-8(12)6-7(10)2;/h4-6,9H,3,13H2,1-2H3,(H,14,15);1H/t9-;/m0./s1. The molecule has 1 aromatic rings. The van der Waals surface area contributed by atoms with E-state index in [1.165, 1.54) is 0 Å². The van der Waals surface area contributed by atoms with Crippen molar-refractivity contribution in [3.05, 3.63) is 28.2 Å². The Morgan fingerprint density at radius 1 is 1.56 bits per heavy atom. The zero-order chi connectivity index (χ0) is 11.4. The Hall–Kier alpha value is -0.580. The molecule has 0 radical (unpaired) electrons. The first-order valence-corrected chi connectivity index (χ1v) is 5.66. The van der Waals surface area contributed by atoms with E-state index in [4.69, 9.17) is 5.73 Å². The van der Waals surface area contributed by atoms with E-state index in [2.05, 4.69) is 21.2 Å². The van der Waals surface area contributed by atoms with Gasteiger partial charge in [-0.05, 0) is 37.1 Å². The summed E-state index contributed by atoms with van der Waals surface area (Å²) < 4.78 is 0.998. The number of nitrogens with two attached hydrogens (primary N) is 1. The average Bonchev–Trinajstić information content (AvgIpc) is 2.20. The first-order chi connectivity index (χ1) is 7.04. The first kappa shape index (κ1) is 15.4. The molecule has 0 aliphatic heterocycles. The molecular formula is C11H16BrClN2O. The van der Waals surface area contributed by atoms with E-state index in [0.29, 0.717) is 6.42 Å². The molecule has 3 N–H and O–H groups in total. The summed E-state index contributed by atoms with van der Waals surface area (Å²) in [6, 6.07) is 5.26. The molecule has 90 valence electrons. The minimum Gasteiger partial charge on any atom is -0.324 e. The Morgan fingerprint density at radius 3 is 2.69 bits per heavy atom. The number of anilines is 1. The van der Waals surface area contributed by atoms with Crippen LogP contribution in [0.3, 0.4) is 0 Å². The number of amides is 1. The van der Waals surface area contributed by atoms with Gasteiger partial charge < -0.3 is 11.1 Å². The molecule has 1 amide bonds. The van der Waals surface area contributed by atoms with Gasteiger partial charge in [-0.15, -0.1) is 12.4 Å². The molecule has 0 aliphatic carbocycles. The van der Waals surface area contributed by atoms with E-state index < -0.39 is 6.04 Å². The van der Waals surface area contributed by atoms with Gasteiger partial charge in [-0.1, -0.05) is 22.9 Å². The minimum atomic E-state index is -0.437. The van der Waals surface area contributed by atoms with Crippen LogP contribution in [0.4, 0.5) is 5.69 Å². The van der Waals surface area contributed by atoms with E-state index >= 15 is 0 Å². The van der Waals surface area contributed by atoms with Crippen LogP contribution in [-0.4, -0.2) is 11.9 Å². The first-order valence-electron chi connectivity index (χ1n) is 4.87. The predicted molar refractivity (Wildman–Crippen MR) is 73.0 cm³/mol. The molecule has 0 aliphatic rings. The maximum atomic E-state index is 11.5. The number of carbonyl (C=O) groups excluding carboxylic acids is 1. The number of benzene rings is 1. The fourth-order valence-corrected chi connectivity index (χ4v) is 1.65. The molecule has 0 fully saturated rings. The summed E-state index contributed by atoms with van der Waals surface area (Å²) in [4.78, 5) is 11.5. The predicted octanol–water partition coefficient (Wildman–Crippen LogP) is 2.86. The minimum absolute atomic E-state index is 0. The van der Waals surface area contributed by atoms with Gasteiger partial charge in [0.2, 0.25) is 5.91 Å². The molecule has 3 nitrogen and oxygen atoms in total. The summed E-state index contributed by atoms with van der Waals surface area (Å²) in [6.45, 7) is 3.83. The second-order valence-corrected chi connectivity index (χ2v) is 4.38. The van der Waals surface area contributed by atoms with Crippen molar-refractivity contribution in [2.45, 2.75) is 26.3 Å². The van der Waals surface area contributed by atoms with E-state index in [1.54, 1.807) is 0 Å². The number of rotatable bonds is 3. The largest absolute Gasteiger partial charge is 0.324 e. The van der Waals surface area contributed by atoms with Crippen LogP contribution in [0.2, 0.25) is 0 Å². The van der Waals surface area contributed by atoms with Gasteiger partial charge in [-0.2, -0.15) is 0 Å². The number of halogens is 2. The van der Waals surface area contributed by atoms with Crippen molar-refractivity contribution in [2.75, 3.05) is 5.32 Å². The molecule has 0 bridgehead atoms. The molecule has 1 aromatic carbocycles. The summed E-state index contributed by atoms with van der Waals surface area (Å²) in [5, 5.41) is 2.80. The third-order valence-corrected chi connectivity index (χ3v) is 2.72. The van der Waals surface area contributed by atoms with Gasteiger partial charge in [-0.25, -0.2) is 0 Å². The topological polar surface area (TPSA) is 55.1 Å². The maximum Gasteiger partial charge on any atom is 0.241 e. The van der Waals surface area contributed by atoms with Crippen LogP contribution < -0.4 is 11.1 Å². The molecule has 1 atom stereocenters. The van der Waals surface area contributed by atoms with Crippen LogP contribution in [-0.2, 0) is 4.79 Å². The van der Waals surface area contributed by atoms with E-state index in [1.807, 2.05) is 32.0 Å². The smallest absolute Gasteiger partial charge is 0.241 e. The van der Waals surface area contributed by atoms with Crippen LogP contribution in [0.5, 0.6) is 0 Å². The van der Waals surface area contributed by atoms with Crippen LogP contribution in [0.15, 0.2) is 22.7 Å². The Labute approximate surface area is 110 Å². The van der Waals surface area contributed by atoms with Gasteiger partial charge in [0.15, 0.2) is 0 Å². The quantitative estimate of drug-likeness (QED) is 0.902. The Balaban J connectivity index is 0.00000225. The summed E-state index contributed by atoms with van der Waals surface area (Å²) in [5.74, 6) is -0.136. The molecule has 0 spiro atoms. The number of aryl methyl sites for hydroxylation is 1. The Bertz CT molecular complexity index is 371. The van der Waals surface area contributed by atoms with Crippen molar-refractivity contribution in [1.82, 2.24) is 0 Å². The van der Waals surface area contributed by atoms with Crippen molar-refractivity contribution in [3.8, 4) is 0 Å². The third kappa shape index (κ3) is 4.12. The van der Waals surface area contributed by atoms with Crippen molar-refractivity contribution >= 4 is 39.9 Å². The molecule has 0 heterocycles. The lowest BCUT2D eigenvalue weighted by Crippen LogP contribution is -2.34. The fraction of sp³-hybridized carbons (Fsp3) is 0.364. The normalized spacial score (nSPS) is 11.5. The van der Waals surface area contributed by atoms with Crippen molar-refractivity contribution in [2.24, 2.45) is 5.73 Å². The lowest BCUT2D eigenvalue weighted by atomic mass is 10.2. The van der Waals surface area contributed by atoms with Gasteiger partial charge in [0.25, 0.3) is 0 Å². The molecule has 0 saturated carbocycles. The summed E-state index contributed by atoms with van der Waals surface area (Å²) in [6.07, 6.45) is 0.640.